The predicted octanol–water partition coefficient (Wildman–Crippen LogP) is 4.01. The molecule has 0 aliphatic rings. The zero-order chi connectivity index (χ0) is 14.4. The van der Waals surface area contributed by atoms with Gasteiger partial charge in [-0.2, -0.15) is 0 Å². The number of benzene rings is 2. The lowest BCUT2D eigenvalue weighted by Gasteiger charge is -2.20. The van der Waals surface area contributed by atoms with Gasteiger partial charge in [0.1, 0.15) is 6.10 Å². The molecule has 0 bridgehead atoms. The van der Waals surface area contributed by atoms with Gasteiger partial charge in [-0.05, 0) is 37.4 Å². The maximum atomic E-state index is 6.08. The van der Waals surface area contributed by atoms with E-state index in [-0.39, 0.29) is 6.10 Å². The summed E-state index contributed by atoms with van der Waals surface area (Å²) in [4.78, 5) is 2.11. The lowest BCUT2D eigenvalue weighted by atomic mass is 10.0. The fraction of sp³-hybridized carbons (Fsp3) is 0.294. The smallest absolute Gasteiger partial charge is 0.108 e. The second kappa shape index (κ2) is 7.44. The van der Waals surface area contributed by atoms with Gasteiger partial charge in [0, 0.05) is 11.6 Å². The number of rotatable bonds is 6. The minimum Gasteiger partial charge on any atom is -0.367 e. The molecule has 0 aromatic heterocycles. The van der Waals surface area contributed by atoms with E-state index in [0.717, 1.165) is 22.7 Å². The van der Waals surface area contributed by atoms with E-state index in [0.29, 0.717) is 6.61 Å². The van der Waals surface area contributed by atoms with Crippen LogP contribution in [0.4, 0.5) is 0 Å². The maximum Gasteiger partial charge on any atom is 0.108 e. The SMILES string of the molecule is CN(C)CCO[C@H](c1ccccc1)c1ccc(Cl)cc1. The molecule has 2 nitrogen and oxygen atoms in total. The van der Waals surface area contributed by atoms with Crippen molar-refractivity contribution in [1.29, 1.82) is 0 Å². The molecule has 0 saturated heterocycles. The van der Waals surface area contributed by atoms with Crippen molar-refractivity contribution in [3.05, 3.63) is 70.7 Å². The quantitative estimate of drug-likeness (QED) is 0.797. The number of halogens is 1. The molecular formula is C17H20ClNO. The van der Waals surface area contributed by atoms with Crippen molar-refractivity contribution in [2.75, 3.05) is 27.2 Å². The molecule has 2 rings (SSSR count). The van der Waals surface area contributed by atoms with Gasteiger partial charge in [-0.3, -0.25) is 0 Å². The lowest BCUT2D eigenvalue weighted by molar-refractivity contribution is 0.0687. The van der Waals surface area contributed by atoms with Crippen molar-refractivity contribution in [3.8, 4) is 0 Å². The molecular weight excluding hydrogens is 270 g/mol. The minimum absolute atomic E-state index is 0.0478. The zero-order valence-corrected chi connectivity index (χ0v) is 12.7. The monoisotopic (exact) mass is 289 g/mol. The fourth-order valence-electron chi connectivity index (χ4n) is 2.00. The molecule has 20 heavy (non-hydrogen) atoms. The van der Waals surface area contributed by atoms with Crippen molar-refractivity contribution >= 4 is 11.6 Å². The summed E-state index contributed by atoms with van der Waals surface area (Å²) in [6, 6.07) is 18.1. The molecule has 2 aromatic carbocycles. The second-order valence-electron chi connectivity index (χ2n) is 5.02. The van der Waals surface area contributed by atoms with Crippen LogP contribution < -0.4 is 0 Å². The maximum absolute atomic E-state index is 6.08. The van der Waals surface area contributed by atoms with Gasteiger partial charge in [0.05, 0.1) is 6.61 Å². The van der Waals surface area contributed by atoms with E-state index in [1.807, 2.05) is 56.6 Å². The van der Waals surface area contributed by atoms with Crippen LogP contribution >= 0.6 is 11.6 Å². The number of hydrogen-bond acceptors (Lipinski definition) is 2. The summed E-state index contributed by atoms with van der Waals surface area (Å²) in [6.07, 6.45) is -0.0478. The summed E-state index contributed by atoms with van der Waals surface area (Å²) in [5.74, 6) is 0. The second-order valence-corrected chi connectivity index (χ2v) is 5.45. The van der Waals surface area contributed by atoms with E-state index in [1.165, 1.54) is 0 Å². The van der Waals surface area contributed by atoms with Crippen LogP contribution in [0.2, 0.25) is 5.02 Å². The Morgan fingerprint density at radius 2 is 1.55 bits per heavy atom. The molecule has 0 saturated carbocycles. The van der Waals surface area contributed by atoms with Crippen molar-refractivity contribution in [2.24, 2.45) is 0 Å². The van der Waals surface area contributed by atoms with Crippen LogP contribution in [0.5, 0.6) is 0 Å². The van der Waals surface area contributed by atoms with Gasteiger partial charge in [-0.25, -0.2) is 0 Å². The molecule has 2 aromatic rings. The third-order valence-electron chi connectivity index (χ3n) is 3.10. The summed E-state index contributed by atoms with van der Waals surface area (Å²) in [5, 5.41) is 0.744. The lowest BCUT2D eigenvalue weighted by Crippen LogP contribution is -2.20. The minimum atomic E-state index is -0.0478. The van der Waals surface area contributed by atoms with Gasteiger partial charge in [0.2, 0.25) is 0 Å². The van der Waals surface area contributed by atoms with Gasteiger partial charge in [0.25, 0.3) is 0 Å². The average Bonchev–Trinajstić information content (AvgIpc) is 2.46. The normalized spacial score (nSPS) is 12.6. The van der Waals surface area contributed by atoms with Crippen molar-refractivity contribution in [3.63, 3.8) is 0 Å². The van der Waals surface area contributed by atoms with Crippen LogP contribution in [0.25, 0.3) is 0 Å². The van der Waals surface area contributed by atoms with Crippen LogP contribution in [-0.2, 0) is 4.74 Å². The molecule has 0 fully saturated rings. The molecule has 3 heteroatoms. The number of ether oxygens (including phenoxy) is 1. The van der Waals surface area contributed by atoms with E-state index in [9.17, 15) is 0 Å². The highest BCUT2D eigenvalue weighted by atomic mass is 35.5. The summed E-state index contributed by atoms with van der Waals surface area (Å²) in [7, 11) is 4.09. The van der Waals surface area contributed by atoms with Crippen LogP contribution in [0.15, 0.2) is 54.6 Å². The van der Waals surface area contributed by atoms with Gasteiger partial charge in [-0.1, -0.05) is 54.1 Å². The van der Waals surface area contributed by atoms with Gasteiger partial charge >= 0.3 is 0 Å². The molecule has 0 spiro atoms. The first-order valence-corrected chi connectivity index (χ1v) is 7.11. The van der Waals surface area contributed by atoms with Crippen LogP contribution in [0, 0.1) is 0 Å². The largest absolute Gasteiger partial charge is 0.367 e. The molecule has 0 aliphatic heterocycles. The van der Waals surface area contributed by atoms with E-state index in [1.54, 1.807) is 0 Å². The highest BCUT2D eigenvalue weighted by Gasteiger charge is 2.14. The molecule has 0 amide bonds. The third-order valence-corrected chi connectivity index (χ3v) is 3.35. The average molecular weight is 290 g/mol. The van der Waals surface area contributed by atoms with E-state index < -0.39 is 0 Å². The number of hydrogen-bond donors (Lipinski definition) is 0. The van der Waals surface area contributed by atoms with Crippen LogP contribution in [-0.4, -0.2) is 32.1 Å². The topological polar surface area (TPSA) is 12.5 Å². The van der Waals surface area contributed by atoms with Crippen LogP contribution in [0.1, 0.15) is 17.2 Å². The van der Waals surface area contributed by atoms with E-state index in [2.05, 4.69) is 17.0 Å². The van der Waals surface area contributed by atoms with Gasteiger partial charge in [-0.15, -0.1) is 0 Å². The zero-order valence-electron chi connectivity index (χ0n) is 11.9. The van der Waals surface area contributed by atoms with Crippen molar-refractivity contribution in [2.45, 2.75) is 6.10 Å². The Kier molecular flexibility index (Phi) is 5.60. The molecule has 0 aliphatic carbocycles. The van der Waals surface area contributed by atoms with Gasteiger partial charge in [0.15, 0.2) is 0 Å². The standard InChI is InChI=1S/C17H20ClNO/c1-19(2)12-13-20-17(14-6-4-3-5-7-14)15-8-10-16(18)11-9-15/h3-11,17H,12-13H2,1-2H3/t17-/m1/s1. The van der Waals surface area contributed by atoms with Gasteiger partial charge < -0.3 is 9.64 Å². The summed E-state index contributed by atoms with van der Waals surface area (Å²) in [6.45, 7) is 1.59. The molecule has 0 radical (unpaired) electrons. The Morgan fingerprint density at radius 1 is 0.950 bits per heavy atom. The first-order valence-electron chi connectivity index (χ1n) is 6.73. The first kappa shape index (κ1) is 15.0. The number of nitrogens with zero attached hydrogens (tertiary/aromatic N) is 1. The summed E-state index contributed by atoms with van der Waals surface area (Å²) >= 11 is 5.96. The molecule has 0 unspecified atom stereocenters. The highest BCUT2D eigenvalue weighted by molar-refractivity contribution is 6.30. The third kappa shape index (κ3) is 4.34. The molecule has 0 N–H and O–H groups in total. The van der Waals surface area contributed by atoms with Crippen LogP contribution in [0.3, 0.4) is 0 Å². The predicted molar refractivity (Wildman–Crippen MR) is 84.2 cm³/mol. The fourth-order valence-corrected chi connectivity index (χ4v) is 2.13. The Labute approximate surface area is 125 Å². The van der Waals surface area contributed by atoms with Crippen molar-refractivity contribution < 1.29 is 4.74 Å². The number of likely N-dealkylation sites (N-methyl/N-ethyl adjacent to an activating group) is 1. The summed E-state index contributed by atoms with van der Waals surface area (Å²) < 4.78 is 6.08. The Bertz CT molecular complexity index is 510. The molecule has 0 heterocycles. The Morgan fingerprint density at radius 3 is 2.15 bits per heavy atom. The van der Waals surface area contributed by atoms with E-state index >= 15 is 0 Å². The van der Waals surface area contributed by atoms with Crippen molar-refractivity contribution in [1.82, 2.24) is 4.90 Å². The molecule has 106 valence electrons. The highest BCUT2D eigenvalue weighted by Crippen LogP contribution is 2.26. The van der Waals surface area contributed by atoms with E-state index in [4.69, 9.17) is 16.3 Å². The molecule has 1 atom stereocenters. The first-order chi connectivity index (χ1) is 9.66. The Hall–Kier alpha value is -1.35. The Balaban J connectivity index is 2.18. The summed E-state index contributed by atoms with van der Waals surface area (Å²) in [5.41, 5.74) is 2.29.